The van der Waals surface area contributed by atoms with Gasteiger partial charge in [-0.15, -0.1) is 11.3 Å². The van der Waals surface area contributed by atoms with Gasteiger partial charge in [0, 0.05) is 22.5 Å². The monoisotopic (exact) mass is 441 g/mol. The number of hydrogen-bond acceptors (Lipinski definition) is 5. The smallest absolute Gasteiger partial charge is 0.423 e. The molecule has 0 amide bonds. The molecule has 8 rings (SSSR count). The topological polar surface area (TPSA) is 32.5 Å². The molecule has 154 valence electrons. The minimum atomic E-state index is -0.0314. The third-order valence-electron chi connectivity index (χ3n) is 6.77. The maximum Gasteiger partial charge on any atom is 0.423 e. The van der Waals surface area contributed by atoms with Crippen molar-refractivity contribution in [1.29, 1.82) is 0 Å². The van der Waals surface area contributed by atoms with Gasteiger partial charge in [-0.3, -0.25) is 4.98 Å². The van der Waals surface area contributed by atoms with Crippen LogP contribution in [0.25, 0.3) is 33.2 Å². The fourth-order valence-electron chi connectivity index (χ4n) is 5.45. The minimum Gasteiger partial charge on any atom is -0.454 e. The Labute approximate surface area is 194 Å². The predicted octanol–water partition coefficient (Wildman–Crippen LogP) is 6.71. The van der Waals surface area contributed by atoms with Gasteiger partial charge in [0.2, 0.25) is 0 Å². The van der Waals surface area contributed by atoms with Crippen LogP contribution in [0.5, 0.6) is 0 Å². The second kappa shape index (κ2) is 6.27. The second-order valence-electron chi connectivity index (χ2n) is 8.44. The van der Waals surface area contributed by atoms with E-state index in [1.54, 1.807) is 11.3 Å². The molecule has 5 heterocycles. The number of para-hydroxylation sites is 4. The van der Waals surface area contributed by atoms with Gasteiger partial charge < -0.3 is 14.0 Å². The Morgan fingerprint density at radius 3 is 2.45 bits per heavy atom. The molecule has 0 radical (unpaired) electrons. The lowest BCUT2D eigenvalue weighted by atomic mass is 9.61. The van der Waals surface area contributed by atoms with Crippen LogP contribution in [0.15, 0.2) is 101 Å². The molecule has 0 unspecified atom stereocenters. The Morgan fingerprint density at radius 2 is 1.52 bits per heavy atom. The highest BCUT2D eigenvalue weighted by atomic mass is 32.1. The summed E-state index contributed by atoms with van der Waals surface area (Å²) in [5, 5.41) is 5.68. The van der Waals surface area contributed by atoms with E-state index in [1.165, 1.54) is 27.4 Å². The van der Waals surface area contributed by atoms with Crippen LogP contribution in [0.1, 0.15) is 0 Å². The molecule has 0 N–H and O–H groups in total. The highest BCUT2D eigenvalue weighted by Crippen LogP contribution is 2.53. The van der Waals surface area contributed by atoms with Crippen LogP contribution in [-0.2, 0) is 0 Å². The summed E-state index contributed by atoms with van der Waals surface area (Å²) in [6.07, 6.45) is 1.89. The number of pyridine rings is 1. The Morgan fingerprint density at radius 1 is 0.727 bits per heavy atom. The normalized spacial score (nSPS) is 13.9. The van der Waals surface area contributed by atoms with E-state index in [0.29, 0.717) is 0 Å². The molecule has 6 aromatic rings. The zero-order valence-electron chi connectivity index (χ0n) is 17.5. The first-order chi connectivity index (χ1) is 16.4. The minimum absolute atomic E-state index is 0.0314. The van der Waals surface area contributed by atoms with E-state index in [1.807, 2.05) is 24.4 Å². The lowest BCUT2D eigenvalue weighted by Crippen LogP contribution is -2.55. The third-order valence-corrected chi connectivity index (χ3v) is 7.68. The van der Waals surface area contributed by atoms with Crippen molar-refractivity contribution in [2.45, 2.75) is 0 Å². The van der Waals surface area contributed by atoms with Gasteiger partial charge in [-0.1, -0.05) is 48.5 Å². The van der Waals surface area contributed by atoms with E-state index >= 15 is 0 Å². The predicted molar refractivity (Wildman–Crippen MR) is 137 cm³/mol. The molecular weight excluding hydrogens is 425 g/mol. The highest BCUT2D eigenvalue weighted by molar-refractivity contribution is 7.16. The summed E-state index contributed by atoms with van der Waals surface area (Å²) in [6.45, 7) is -0.0314. The fraction of sp³-hybridized carbons (Fsp3) is 0. The van der Waals surface area contributed by atoms with E-state index in [-0.39, 0.29) is 6.98 Å². The summed E-state index contributed by atoms with van der Waals surface area (Å²) in [5.41, 5.74) is 8.73. The lowest BCUT2D eigenvalue weighted by Gasteiger charge is -2.34. The van der Waals surface area contributed by atoms with Crippen LogP contribution in [0.4, 0.5) is 22.1 Å². The summed E-state index contributed by atoms with van der Waals surface area (Å²) >= 11 is 1.77. The molecule has 4 nitrogen and oxygen atoms in total. The molecule has 3 aromatic heterocycles. The summed E-state index contributed by atoms with van der Waals surface area (Å²) in [6, 6.07) is 29.8. The Hall–Kier alpha value is -4.03. The van der Waals surface area contributed by atoms with Crippen LogP contribution in [0, 0.1) is 0 Å². The van der Waals surface area contributed by atoms with Crippen LogP contribution in [0.3, 0.4) is 0 Å². The van der Waals surface area contributed by atoms with Crippen molar-refractivity contribution in [1.82, 2.24) is 4.98 Å². The Balaban J connectivity index is 1.47. The second-order valence-corrected chi connectivity index (χ2v) is 9.33. The van der Waals surface area contributed by atoms with Crippen LogP contribution in [-0.4, -0.2) is 12.0 Å². The number of nitrogens with zero attached hydrogens (tertiary/aromatic N) is 3. The molecule has 0 saturated carbocycles. The molecule has 2 aliphatic rings. The molecule has 0 saturated heterocycles. The summed E-state index contributed by atoms with van der Waals surface area (Å²) in [4.78, 5) is 9.69. The van der Waals surface area contributed by atoms with E-state index in [2.05, 4.69) is 81.7 Å². The number of anilines is 4. The van der Waals surface area contributed by atoms with Gasteiger partial charge in [-0.2, -0.15) is 0 Å². The maximum atomic E-state index is 6.46. The van der Waals surface area contributed by atoms with Crippen molar-refractivity contribution in [3.05, 3.63) is 96.5 Å². The van der Waals surface area contributed by atoms with Gasteiger partial charge in [0.25, 0.3) is 0 Å². The van der Waals surface area contributed by atoms with Crippen molar-refractivity contribution in [3.63, 3.8) is 0 Å². The van der Waals surface area contributed by atoms with E-state index in [4.69, 9.17) is 9.40 Å². The maximum absolute atomic E-state index is 6.46. The first kappa shape index (κ1) is 17.5. The molecule has 0 bridgehead atoms. The zero-order chi connectivity index (χ0) is 21.5. The van der Waals surface area contributed by atoms with Gasteiger partial charge in [0.15, 0.2) is 5.58 Å². The van der Waals surface area contributed by atoms with Crippen molar-refractivity contribution < 1.29 is 4.42 Å². The van der Waals surface area contributed by atoms with E-state index in [9.17, 15) is 0 Å². The van der Waals surface area contributed by atoms with Gasteiger partial charge >= 0.3 is 6.98 Å². The number of fused-ring (bicyclic) bond motifs is 11. The van der Waals surface area contributed by atoms with Gasteiger partial charge in [-0.25, -0.2) is 0 Å². The first-order valence-electron chi connectivity index (χ1n) is 11.0. The quantitative estimate of drug-likeness (QED) is 0.266. The highest BCUT2D eigenvalue weighted by Gasteiger charge is 2.49. The number of furan rings is 1. The Bertz CT molecular complexity index is 1720. The van der Waals surface area contributed by atoms with E-state index < -0.39 is 0 Å². The average Bonchev–Trinajstić information content (AvgIpc) is 3.58. The molecule has 0 spiro atoms. The third kappa shape index (κ3) is 2.18. The average molecular weight is 441 g/mol. The fourth-order valence-corrected chi connectivity index (χ4v) is 6.39. The summed E-state index contributed by atoms with van der Waals surface area (Å²) in [7, 11) is 0. The van der Waals surface area contributed by atoms with Crippen LogP contribution in [0.2, 0.25) is 0 Å². The van der Waals surface area contributed by atoms with Gasteiger partial charge in [0.1, 0.15) is 5.58 Å². The molecule has 2 aliphatic heterocycles. The van der Waals surface area contributed by atoms with Crippen LogP contribution >= 0.6 is 11.3 Å². The molecular formula is C27H16BN3OS. The molecule has 33 heavy (non-hydrogen) atoms. The molecule has 0 fully saturated rings. The number of rotatable bonds is 1. The molecule has 6 heteroatoms. The van der Waals surface area contributed by atoms with Crippen molar-refractivity contribution in [2.24, 2.45) is 0 Å². The number of benzene rings is 3. The number of aromatic nitrogens is 1. The molecule has 0 atom stereocenters. The first-order valence-corrected chi connectivity index (χ1v) is 11.9. The lowest BCUT2D eigenvalue weighted by molar-refractivity contribution is 0.669. The Kier molecular flexibility index (Phi) is 3.33. The van der Waals surface area contributed by atoms with Gasteiger partial charge in [0.05, 0.1) is 27.8 Å². The van der Waals surface area contributed by atoms with Crippen LogP contribution < -0.4 is 15.1 Å². The van der Waals surface area contributed by atoms with E-state index in [0.717, 1.165) is 33.3 Å². The van der Waals surface area contributed by atoms with Crippen molar-refractivity contribution >= 4 is 67.8 Å². The summed E-state index contributed by atoms with van der Waals surface area (Å²) < 4.78 is 6.46. The van der Waals surface area contributed by atoms with Gasteiger partial charge in [-0.05, 0) is 47.2 Å². The van der Waals surface area contributed by atoms with Crippen molar-refractivity contribution in [2.75, 3.05) is 9.62 Å². The standard InChI is InChI=1S/C27H16BN3OS/c1-4-13-24-17(7-1)18-8-5-12-23(26(18)32-24)30-21-10-2-3-11-22(21)31-27-19(14-16-33-27)25-20(28(30)31)9-6-15-29-25/h1-16H. The van der Waals surface area contributed by atoms with Crippen molar-refractivity contribution in [3.8, 4) is 11.3 Å². The molecule has 3 aromatic carbocycles. The number of hydrogen-bond donors (Lipinski definition) is 0. The molecule has 0 aliphatic carbocycles. The SMILES string of the molecule is c1cnc2c(c1)B1N(c3ccccc3N1c1cccc3c1oc1ccccc13)c1sccc1-2. The zero-order valence-corrected chi connectivity index (χ0v) is 18.3. The summed E-state index contributed by atoms with van der Waals surface area (Å²) in [5.74, 6) is 0. The number of thiophene rings is 1. The largest absolute Gasteiger partial charge is 0.454 e.